The lowest BCUT2D eigenvalue weighted by atomic mass is 9.96. The lowest BCUT2D eigenvalue weighted by molar-refractivity contribution is 0.0365. The summed E-state index contributed by atoms with van der Waals surface area (Å²) in [6, 6.07) is 17.3. The van der Waals surface area contributed by atoms with E-state index in [-0.39, 0.29) is 12.1 Å². The molecule has 2 aliphatic rings. The zero-order valence-corrected chi connectivity index (χ0v) is 22.4. The lowest BCUT2D eigenvalue weighted by Gasteiger charge is -2.30. The first-order valence-electron chi connectivity index (χ1n) is 13.1. The Kier molecular flexibility index (Phi) is 7.70. The zero-order valence-electron chi connectivity index (χ0n) is 21.6. The molecule has 36 heavy (non-hydrogen) atoms. The minimum Gasteiger partial charge on any atom is -0.379 e. The monoisotopic (exact) mass is 503 g/mol. The van der Waals surface area contributed by atoms with Gasteiger partial charge in [0.2, 0.25) is 0 Å². The van der Waals surface area contributed by atoms with Gasteiger partial charge in [-0.3, -0.25) is 9.88 Å². The predicted octanol–water partition coefficient (Wildman–Crippen LogP) is 4.75. The number of thiocarbonyl (C=S) groups is 1. The van der Waals surface area contributed by atoms with Gasteiger partial charge in [0, 0.05) is 49.5 Å². The molecule has 5 rings (SSSR count). The van der Waals surface area contributed by atoms with Gasteiger partial charge in [-0.15, -0.1) is 0 Å². The average molecular weight is 504 g/mol. The summed E-state index contributed by atoms with van der Waals surface area (Å²) in [7, 11) is 0. The van der Waals surface area contributed by atoms with Crippen LogP contribution in [0.4, 0.5) is 0 Å². The van der Waals surface area contributed by atoms with Gasteiger partial charge in [0.1, 0.15) is 0 Å². The van der Waals surface area contributed by atoms with E-state index in [1.807, 2.05) is 12.3 Å². The van der Waals surface area contributed by atoms with Crippen LogP contribution in [0.15, 0.2) is 54.7 Å². The average Bonchev–Trinajstić information content (AvgIpc) is 3.39. The molecule has 2 aromatic heterocycles. The molecule has 3 aromatic rings. The van der Waals surface area contributed by atoms with Crippen LogP contribution >= 0.6 is 12.2 Å². The molecule has 0 saturated carbocycles. The first kappa shape index (κ1) is 24.9. The van der Waals surface area contributed by atoms with Crippen molar-refractivity contribution in [2.75, 3.05) is 39.4 Å². The summed E-state index contributed by atoms with van der Waals surface area (Å²) in [5, 5.41) is 4.44. The van der Waals surface area contributed by atoms with Crippen LogP contribution in [0.25, 0.3) is 5.69 Å². The molecule has 190 valence electrons. The van der Waals surface area contributed by atoms with Crippen LogP contribution in [-0.2, 0) is 11.2 Å². The molecule has 0 spiro atoms. The van der Waals surface area contributed by atoms with Gasteiger partial charge in [0.25, 0.3) is 0 Å². The van der Waals surface area contributed by atoms with E-state index in [0.717, 1.165) is 63.0 Å². The summed E-state index contributed by atoms with van der Waals surface area (Å²) >= 11 is 5.93. The SMILES string of the molecule is CCc1ccccc1-n1c(C)cc(C2C(c3ccccn3)NC(=S)N2CCCN2CCOCC2)c1C. The zero-order chi connectivity index (χ0) is 25.1. The Morgan fingerprint density at radius 3 is 2.58 bits per heavy atom. The summed E-state index contributed by atoms with van der Waals surface area (Å²) in [6.45, 7) is 12.3. The summed E-state index contributed by atoms with van der Waals surface area (Å²) in [5.41, 5.74) is 7.47. The number of aryl methyl sites for hydroxylation is 2. The molecule has 2 saturated heterocycles. The molecular weight excluding hydrogens is 466 g/mol. The number of pyridine rings is 1. The molecule has 2 unspecified atom stereocenters. The molecule has 1 N–H and O–H groups in total. The Morgan fingerprint density at radius 1 is 1.06 bits per heavy atom. The summed E-state index contributed by atoms with van der Waals surface area (Å²) < 4.78 is 7.94. The van der Waals surface area contributed by atoms with E-state index in [1.165, 1.54) is 28.2 Å². The fourth-order valence-electron chi connectivity index (χ4n) is 5.76. The summed E-state index contributed by atoms with van der Waals surface area (Å²) in [5.74, 6) is 0. The van der Waals surface area contributed by atoms with Crippen molar-refractivity contribution in [3.63, 3.8) is 0 Å². The Hall–Kier alpha value is -2.74. The third-order valence-corrected chi connectivity index (χ3v) is 7.93. The maximum Gasteiger partial charge on any atom is 0.170 e. The van der Waals surface area contributed by atoms with Gasteiger partial charge >= 0.3 is 0 Å². The van der Waals surface area contributed by atoms with Gasteiger partial charge in [-0.05, 0) is 74.3 Å². The number of aromatic nitrogens is 2. The number of nitrogens with one attached hydrogen (secondary N) is 1. The number of morpholine rings is 1. The summed E-state index contributed by atoms with van der Waals surface area (Å²) in [4.78, 5) is 9.62. The molecule has 7 heteroatoms. The quantitative estimate of drug-likeness (QED) is 0.448. The van der Waals surface area contributed by atoms with Crippen LogP contribution in [0.2, 0.25) is 0 Å². The molecule has 0 bridgehead atoms. The third kappa shape index (κ3) is 4.92. The van der Waals surface area contributed by atoms with Crippen molar-refractivity contribution < 1.29 is 4.74 Å². The standard InChI is InChI=1S/C29H37N5OS/c1-4-23-10-5-6-12-26(23)34-21(2)20-24(22(34)3)28-27(25-11-7-8-13-30-25)31-29(36)33(28)15-9-14-32-16-18-35-19-17-32/h5-8,10-13,20,27-28H,4,9,14-19H2,1-3H3,(H,31,36). The van der Waals surface area contributed by atoms with Crippen LogP contribution in [0.5, 0.6) is 0 Å². The number of rotatable bonds is 8. The second kappa shape index (κ2) is 11.1. The number of hydrogen-bond acceptors (Lipinski definition) is 4. The molecule has 4 heterocycles. The van der Waals surface area contributed by atoms with E-state index in [4.69, 9.17) is 21.9 Å². The van der Waals surface area contributed by atoms with E-state index in [0.29, 0.717) is 0 Å². The first-order chi connectivity index (χ1) is 17.6. The van der Waals surface area contributed by atoms with E-state index in [9.17, 15) is 0 Å². The normalized spacial score (nSPS) is 20.6. The van der Waals surface area contributed by atoms with E-state index in [1.54, 1.807) is 0 Å². The number of nitrogens with zero attached hydrogens (tertiary/aromatic N) is 4. The molecule has 0 aliphatic carbocycles. The van der Waals surface area contributed by atoms with Crippen LogP contribution < -0.4 is 5.32 Å². The smallest absolute Gasteiger partial charge is 0.170 e. The molecule has 6 nitrogen and oxygen atoms in total. The third-order valence-electron chi connectivity index (χ3n) is 7.58. The van der Waals surface area contributed by atoms with Gasteiger partial charge < -0.3 is 19.5 Å². The van der Waals surface area contributed by atoms with Gasteiger partial charge in [-0.1, -0.05) is 31.2 Å². The number of hydrogen-bond donors (Lipinski definition) is 1. The Morgan fingerprint density at radius 2 is 1.83 bits per heavy atom. The van der Waals surface area contributed by atoms with Crippen molar-refractivity contribution in [2.24, 2.45) is 0 Å². The van der Waals surface area contributed by atoms with Crippen molar-refractivity contribution >= 4 is 17.3 Å². The second-order valence-electron chi connectivity index (χ2n) is 9.77. The molecular formula is C29H37N5OS. The van der Waals surface area contributed by atoms with Crippen molar-refractivity contribution in [3.05, 3.63) is 82.9 Å². The van der Waals surface area contributed by atoms with Gasteiger partial charge in [-0.25, -0.2) is 0 Å². The van der Waals surface area contributed by atoms with Gasteiger partial charge in [0.05, 0.1) is 31.0 Å². The predicted molar refractivity (Wildman–Crippen MR) is 149 cm³/mol. The number of para-hydroxylation sites is 1. The summed E-state index contributed by atoms with van der Waals surface area (Å²) in [6.07, 6.45) is 3.94. The number of benzene rings is 1. The molecule has 2 fully saturated rings. The maximum atomic E-state index is 5.93. The molecule has 0 amide bonds. The van der Waals surface area contributed by atoms with E-state index >= 15 is 0 Å². The minimum atomic E-state index is 0.0115. The Balaban J connectivity index is 1.49. The molecule has 0 radical (unpaired) electrons. The highest BCUT2D eigenvalue weighted by atomic mass is 32.1. The minimum absolute atomic E-state index is 0.0115. The highest BCUT2D eigenvalue weighted by Gasteiger charge is 2.41. The fraction of sp³-hybridized carbons (Fsp3) is 0.448. The van der Waals surface area contributed by atoms with Gasteiger partial charge in [-0.2, -0.15) is 0 Å². The van der Waals surface area contributed by atoms with Crippen LogP contribution in [0.1, 0.15) is 53.6 Å². The van der Waals surface area contributed by atoms with Crippen LogP contribution in [-0.4, -0.2) is 63.9 Å². The largest absolute Gasteiger partial charge is 0.379 e. The maximum absolute atomic E-state index is 5.93. The number of ether oxygens (including phenoxy) is 1. The molecule has 1 aromatic carbocycles. The Bertz CT molecular complexity index is 1190. The van der Waals surface area contributed by atoms with E-state index in [2.05, 4.69) is 82.9 Å². The van der Waals surface area contributed by atoms with Crippen LogP contribution in [0, 0.1) is 13.8 Å². The van der Waals surface area contributed by atoms with Crippen molar-refractivity contribution in [2.45, 2.75) is 45.7 Å². The van der Waals surface area contributed by atoms with Gasteiger partial charge in [0.15, 0.2) is 5.11 Å². The Labute approximate surface area is 220 Å². The van der Waals surface area contributed by atoms with E-state index < -0.39 is 0 Å². The lowest BCUT2D eigenvalue weighted by Crippen LogP contribution is -2.39. The first-order valence-corrected chi connectivity index (χ1v) is 13.5. The molecule has 2 atom stereocenters. The highest BCUT2D eigenvalue weighted by Crippen LogP contribution is 2.41. The fourth-order valence-corrected chi connectivity index (χ4v) is 6.09. The van der Waals surface area contributed by atoms with Crippen LogP contribution in [0.3, 0.4) is 0 Å². The van der Waals surface area contributed by atoms with Crippen molar-refractivity contribution in [3.8, 4) is 5.69 Å². The topological polar surface area (TPSA) is 45.6 Å². The van der Waals surface area contributed by atoms with Crippen molar-refractivity contribution in [1.29, 1.82) is 0 Å². The van der Waals surface area contributed by atoms with Crippen molar-refractivity contribution in [1.82, 2.24) is 24.7 Å². The molecule has 2 aliphatic heterocycles. The second-order valence-corrected chi connectivity index (χ2v) is 10.2. The highest BCUT2D eigenvalue weighted by molar-refractivity contribution is 7.80.